The first-order valence-electron chi connectivity index (χ1n) is 6.96. The van der Waals surface area contributed by atoms with E-state index in [-0.39, 0.29) is 24.0 Å². The Morgan fingerprint density at radius 3 is 2.65 bits per heavy atom. The molecule has 0 radical (unpaired) electrons. The van der Waals surface area contributed by atoms with Crippen LogP contribution in [0.4, 0.5) is 4.79 Å². The molecule has 6 nitrogen and oxygen atoms in total. The van der Waals surface area contributed by atoms with E-state index in [2.05, 4.69) is 16.9 Å². The molecule has 20 heavy (non-hydrogen) atoms. The summed E-state index contributed by atoms with van der Waals surface area (Å²) in [5.41, 5.74) is 0. The van der Waals surface area contributed by atoms with Crippen molar-refractivity contribution in [2.24, 2.45) is 5.92 Å². The van der Waals surface area contributed by atoms with Crippen molar-refractivity contribution in [2.45, 2.75) is 36.5 Å². The van der Waals surface area contributed by atoms with Crippen LogP contribution in [-0.4, -0.2) is 53.9 Å². The molecule has 1 saturated carbocycles. The smallest absolute Gasteiger partial charge is 0.315 e. The number of carboxylic acid groups (broad SMARTS) is 1. The third kappa shape index (κ3) is 3.58. The van der Waals surface area contributed by atoms with E-state index in [1.807, 2.05) is 11.8 Å². The number of thioether (sulfide) groups is 1. The van der Waals surface area contributed by atoms with E-state index in [1.165, 1.54) is 12.8 Å². The van der Waals surface area contributed by atoms with Crippen LogP contribution in [0.2, 0.25) is 0 Å². The molecule has 2 fully saturated rings. The van der Waals surface area contributed by atoms with Crippen molar-refractivity contribution in [3.8, 4) is 0 Å². The van der Waals surface area contributed by atoms with Gasteiger partial charge in [-0.3, -0.25) is 4.79 Å². The van der Waals surface area contributed by atoms with Gasteiger partial charge in [-0.25, -0.2) is 4.79 Å². The topological polar surface area (TPSA) is 87.7 Å². The maximum absolute atomic E-state index is 11.9. The molecule has 0 aromatic carbocycles. The number of amides is 2. The highest BCUT2D eigenvalue weighted by atomic mass is 32.2. The highest BCUT2D eigenvalue weighted by Gasteiger charge is 2.36. The summed E-state index contributed by atoms with van der Waals surface area (Å²) in [5, 5.41) is 14.6. The van der Waals surface area contributed by atoms with Crippen LogP contribution in [0, 0.1) is 5.92 Å². The van der Waals surface area contributed by atoms with Crippen LogP contribution in [-0.2, 0) is 9.53 Å². The lowest BCUT2D eigenvalue weighted by Gasteiger charge is -2.27. The molecular formula is C13H22N2O4S. The predicted octanol–water partition coefficient (Wildman–Crippen LogP) is 1.06. The fraction of sp³-hybridized carbons (Fsp3) is 0.846. The summed E-state index contributed by atoms with van der Waals surface area (Å²) in [6.45, 7) is 1.05. The third-order valence-electron chi connectivity index (χ3n) is 4.23. The standard InChI is InChI=1S/C13H22N2O4S/c1-20-13(4-2-3-5-13)8-14-12(18)15-10-7-19-6-9(10)11(16)17/h9-10H,2-8H2,1H3,(H,16,17)(H2,14,15,18). The number of rotatable bonds is 5. The SMILES string of the molecule is CSC1(CNC(=O)NC2COCC2C(=O)O)CCCC1. The molecule has 0 aromatic rings. The molecule has 1 heterocycles. The molecule has 1 aliphatic heterocycles. The zero-order valence-electron chi connectivity index (χ0n) is 11.7. The molecule has 114 valence electrons. The summed E-state index contributed by atoms with van der Waals surface area (Å²) in [6.07, 6.45) is 6.75. The van der Waals surface area contributed by atoms with Crippen LogP contribution in [0.5, 0.6) is 0 Å². The maximum atomic E-state index is 11.9. The van der Waals surface area contributed by atoms with Crippen molar-refractivity contribution in [1.29, 1.82) is 0 Å². The Morgan fingerprint density at radius 1 is 1.35 bits per heavy atom. The second kappa shape index (κ2) is 6.67. The lowest BCUT2D eigenvalue weighted by atomic mass is 10.0. The van der Waals surface area contributed by atoms with Crippen LogP contribution in [0.1, 0.15) is 25.7 Å². The van der Waals surface area contributed by atoms with Gasteiger partial charge in [-0.1, -0.05) is 12.8 Å². The number of carbonyl (C=O) groups excluding carboxylic acids is 1. The summed E-state index contributed by atoms with van der Waals surface area (Å²) in [7, 11) is 0. The van der Waals surface area contributed by atoms with Gasteiger partial charge in [0.2, 0.25) is 0 Å². The average Bonchev–Trinajstić information content (AvgIpc) is 3.05. The second-order valence-electron chi connectivity index (χ2n) is 5.51. The minimum absolute atomic E-state index is 0.149. The first-order valence-corrected chi connectivity index (χ1v) is 8.19. The third-order valence-corrected chi connectivity index (χ3v) is 5.65. The van der Waals surface area contributed by atoms with E-state index < -0.39 is 17.9 Å². The molecule has 0 aromatic heterocycles. The van der Waals surface area contributed by atoms with Gasteiger partial charge < -0.3 is 20.5 Å². The zero-order chi connectivity index (χ0) is 14.6. The van der Waals surface area contributed by atoms with Crippen molar-refractivity contribution >= 4 is 23.8 Å². The Hall–Kier alpha value is -0.950. The van der Waals surface area contributed by atoms with Crippen LogP contribution >= 0.6 is 11.8 Å². The number of carboxylic acids is 1. The van der Waals surface area contributed by atoms with Crippen molar-refractivity contribution in [3.05, 3.63) is 0 Å². The number of hydrogen-bond donors (Lipinski definition) is 3. The first-order chi connectivity index (χ1) is 9.56. The highest BCUT2D eigenvalue weighted by Crippen LogP contribution is 2.39. The van der Waals surface area contributed by atoms with E-state index in [1.54, 1.807) is 0 Å². The fourth-order valence-electron chi connectivity index (χ4n) is 2.87. The van der Waals surface area contributed by atoms with Crippen LogP contribution in [0.15, 0.2) is 0 Å². The van der Waals surface area contributed by atoms with Crippen LogP contribution in [0.25, 0.3) is 0 Å². The lowest BCUT2D eigenvalue weighted by Crippen LogP contribution is -2.50. The van der Waals surface area contributed by atoms with Gasteiger partial charge in [0, 0.05) is 11.3 Å². The maximum Gasteiger partial charge on any atom is 0.315 e. The van der Waals surface area contributed by atoms with E-state index >= 15 is 0 Å². The van der Waals surface area contributed by atoms with Gasteiger partial charge in [-0.2, -0.15) is 11.8 Å². The Kier molecular flexibility index (Phi) is 5.15. The minimum atomic E-state index is -0.927. The van der Waals surface area contributed by atoms with E-state index in [9.17, 15) is 9.59 Å². The molecule has 7 heteroatoms. The van der Waals surface area contributed by atoms with Crippen molar-refractivity contribution < 1.29 is 19.4 Å². The van der Waals surface area contributed by atoms with Gasteiger partial charge in [-0.05, 0) is 19.1 Å². The first kappa shape index (κ1) is 15.4. The Bertz CT molecular complexity index is 371. The molecule has 2 rings (SSSR count). The number of aliphatic carboxylic acids is 1. The Balaban J connectivity index is 1.79. The fourth-order valence-corrected chi connectivity index (χ4v) is 3.79. The monoisotopic (exact) mass is 302 g/mol. The van der Waals surface area contributed by atoms with E-state index in [0.29, 0.717) is 6.54 Å². The quantitative estimate of drug-likeness (QED) is 0.707. The van der Waals surface area contributed by atoms with E-state index in [4.69, 9.17) is 9.84 Å². The molecule has 2 aliphatic rings. The normalized spacial score (nSPS) is 28.2. The largest absolute Gasteiger partial charge is 0.481 e. The molecule has 1 saturated heterocycles. The molecule has 3 N–H and O–H groups in total. The summed E-state index contributed by atoms with van der Waals surface area (Å²) in [6, 6.07) is -0.742. The molecular weight excluding hydrogens is 280 g/mol. The summed E-state index contributed by atoms with van der Waals surface area (Å²) < 4.78 is 5.27. The summed E-state index contributed by atoms with van der Waals surface area (Å²) >= 11 is 1.81. The summed E-state index contributed by atoms with van der Waals surface area (Å²) in [5.74, 6) is -1.58. The van der Waals surface area contributed by atoms with Crippen LogP contribution in [0.3, 0.4) is 0 Å². The second-order valence-corrected chi connectivity index (χ2v) is 6.78. The average molecular weight is 302 g/mol. The van der Waals surface area contributed by atoms with Gasteiger partial charge in [0.25, 0.3) is 0 Å². The number of hydrogen-bond acceptors (Lipinski definition) is 4. The van der Waals surface area contributed by atoms with Crippen molar-refractivity contribution in [1.82, 2.24) is 10.6 Å². The number of urea groups is 1. The van der Waals surface area contributed by atoms with E-state index in [0.717, 1.165) is 12.8 Å². The highest BCUT2D eigenvalue weighted by molar-refractivity contribution is 8.00. The molecule has 0 spiro atoms. The van der Waals surface area contributed by atoms with Gasteiger partial charge in [0.1, 0.15) is 5.92 Å². The van der Waals surface area contributed by atoms with Gasteiger partial charge in [-0.15, -0.1) is 0 Å². The van der Waals surface area contributed by atoms with Crippen LogP contribution < -0.4 is 10.6 Å². The van der Waals surface area contributed by atoms with Crippen molar-refractivity contribution in [2.75, 3.05) is 26.0 Å². The zero-order valence-corrected chi connectivity index (χ0v) is 12.5. The van der Waals surface area contributed by atoms with Crippen molar-refractivity contribution in [3.63, 3.8) is 0 Å². The molecule has 2 atom stereocenters. The number of nitrogens with one attached hydrogen (secondary N) is 2. The van der Waals surface area contributed by atoms with Gasteiger partial charge in [0.15, 0.2) is 0 Å². The number of ether oxygens (including phenoxy) is 1. The molecule has 0 bridgehead atoms. The Morgan fingerprint density at radius 2 is 2.05 bits per heavy atom. The molecule has 2 amide bonds. The molecule has 1 aliphatic carbocycles. The lowest BCUT2D eigenvalue weighted by molar-refractivity contribution is -0.142. The number of carbonyl (C=O) groups is 2. The van der Waals surface area contributed by atoms with Gasteiger partial charge >= 0.3 is 12.0 Å². The minimum Gasteiger partial charge on any atom is -0.481 e. The summed E-state index contributed by atoms with van der Waals surface area (Å²) in [4.78, 5) is 22.9. The Labute approximate surface area is 123 Å². The predicted molar refractivity (Wildman–Crippen MR) is 77.0 cm³/mol. The molecule has 2 unspecified atom stereocenters. The van der Waals surface area contributed by atoms with Gasteiger partial charge in [0.05, 0.1) is 19.3 Å².